The molecule has 1 aliphatic heterocycles. The van der Waals surface area contributed by atoms with Crippen LogP contribution >= 0.6 is 0 Å². The molecule has 2 amide bonds. The average molecular weight is 332 g/mol. The first-order valence-electron chi connectivity index (χ1n) is 8.64. The zero-order valence-corrected chi connectivity index (χ0v) is 15.1. The van der Waals surface area contributed by atoms with E-state index in [2.05, 4.69) is 0 Å². The van der Waals surface area contributed by atoms with E-state index in [4.69, 9.17) is 4.74 Å². The smallest absolute Gasteiger partial charge is 0.410 e. The van der Waals surface area contributed by atoms with Gasteiger partial charge in [-0.25, -0.2) is 4.79 Å². The normalized spacial score (nSPS) is 17.7. The van der Waals surface area contributed by atoms with Gasteiger partial charge >= 0.3 is 6.09 Å². The van der Waals surface area contributed by atoms with Crippen molar-refractivity contribution in [2.45, 2.75) is 58.7 Å². The van der Waals surface area contributed by atoms with Crippen LogP contribution in [-0.2, 0) is 16.1 Å². The first kappa shape index (κ1) is 18.3. The molecule has 1 saturated heterocycles. The highest BCUT2D eigenvalue weighted by Crippen LogP contribution is 2.23. The molecule has 5 heteroatoms. The van der Waals surface area contributed by atoms with Gasteiger partial charge in [0.05, 0.1) is 0 Å². The largest absolute Gasteiger partial charge is 0.444 e. The highest BCUT2D eigenvalue weighted by molar-refractivity contribution is 5.86. The molecule has 0 N–H and O–H groups in total. The molecule has 0 radical (unpaired) electrons. The third-order valence-corrected chi connectivity index (χ3v) is 4.08. The number of nitrogens with zero attached hydrogens (tertiary/aromatic N) is 2. The summed E-state index contributed by atoms with van der Waals surface area (Å²) in [4.78, 5) is 28.7. The third kappa shape index (κ3) is 4.73. The van der Waals surface area contributed by atoms with Gasteiger partial charge in [0, 0.05) is 19.6 Å². The van der Waals surface area contributed by atoms with Gasteiger partial charge in [-0.2, -0.15) is 0 Å². The molecule has 1 fully saturated rings. The Morgan fingerprint density at radius 1 is 1.25 bits per heavy atom. The molecule has 1 aromatic rings. The topological polar surface area (TPSA) is 49.9 Å². The predicted molar refractivity (Wildman–Crippen MR) is 93.5 cm³/mol. The van der Waals surface area contributed by atoms with Crippen LogP contribution in [0.3, 0.4) is 0 Å². The summed E-state index contributed by atoms with van der Waals surface area (Å²) in [5, 5.41) is 0. The summed E-state index contributed by atoms with van der Waals surface area (Å²) in [7, 11) is 0. The van der Waals surface area contributed by atoms with Crippen molar-refractivity contribution in [3.05, 3.63) is 35.9 Å². The van der Waals surface area contributed by atoms with E-state index in [-0.39, 0.29) is 5.91 Å². The van der Waals surface area contributed by atoms with E-state index in [1.807, 2.05) is 62.9 Å². The zero-order chi connectivity index (χ0) is 17.7. The summed E-state index contributed by atoms with van der Waals surface area (Å²) in [6.07, 6.45) is 1.14. The number of likely N-dealkylation sites (tertiary alicyclic amines) is 1. The second-order valence-electron chi connectivity index (χ2n) is 7.17. The minimum atomic E-state index is -0.554. The fourth-order valence-electron chi connectivity index (χ4n) is 2.92. The van der Waals surface area contributed by atoms with Gasteiger partial charge in [-0.1, -0.05) is 30.3 Å². The molecule has 2 rings (SSSR count). The van der Waals surface area contributed by atoms with Crippen LogP contribution in [0.5, 0.6) is 0 Å². The number of hydrogen-bond acceptors (Lipinski definition) is 3. The third-order valence-electron chi connectivity index (χ3n) is 4.08. The van der Waals surface area contributed by atoms with E-state index in [1.165, 1.54) is 0 Å². The Bertz CT molecular complexity index is 566. The molecule has 0 spiro atoms. The van der Waals surface area contributed by atoms with E-state index >= 15 is 0 Å². The SMILES string of the molecule is CCN(Cc1ccccc1)C(=O)C1CCCN1C(=O)OC(C)(C)C. The summed E-state index contributed by atoms with van der Waals surface area (Å²) in [6, 6.07) is 9.50. The molecule has 1 unspecified atom stereocenters. The summed E-state index contributed by atoms with van der Waals surface area (Å²) in [6.45, 7) is 9.24. The summed E-state index contributed by atoms with van der Waals surface area (Å²) >= 11 is 0. The maximum Gasteiger partial charge on any atom is 0.410 e. The molecule has 5 nitrogen and oxygen atoms in total. The summed E-state index contributed by atoms with van der Waals surface area (Å²) in [5.74, 6) is 0.00436. The van der Waals surface area contributed by atoms with Gasteiger partial charge < -0.3 is 9.64 Å². The lowest BCUT2D eigenvalue weighted by Crippen LogP contribution is -2.48. The number of carbonyl (C=O) groups excluding carboxylic acids is 2. The van der Waals surface area contributed by atoms with Gasteiger partial charge in [0.2, 0.25) is 5.91 Å². The van der Waals surface area contributed by atoms with Gasteiger partial charge in [0.1, 0.15) is 11.6 Å². The summed E-state index contributed by atoms with van der Waals surface area (Å²) in [5.41, 5.74) is 0.538. The van der Waals surface area contributed by atoms with Crippen molar-refractivity contribution in [1.29, 1.82) is 0 Å². The Morgan fingerprint density at radius 3 is 2.50 bits per heavy atom. The van der Waals surface area contributed by atoms with Crippen molar-refractivity contribution < 1.29 is 14.3 Å². The van der Waals surface area contributed by atoms with Crippen LogP contribution < -0.4 is 0 Å². The maximum atomic E-state index is 12.9. The highest BCUT2D eigenvalue weighted by Gasteiger charge is 2.38. The van der Waals surface area contributed by atoms with Crippen LogP contribution in [0.1, 0.15) is 46.1 Å². The molecule has 1 aliphatic rings. The van der Waals surface area contributed by atoms with Crippen molar-refractivity contribution >= 4 is 12.0 Å². The molecule has 1 heterocycles. The molecule has 0 aliphatic carbocycles. The second-order valence-corrected chi connectivity index (χ2v) is 7.17. The molecule has 0 aromatic heterocycles. The van der Waals surface area contributed by atoms with E-state index in [1.54, 1.807) is 4.90 Å². The zero-order valence-electron chi connectivity index (χ0n) is 15.1. The van der Waals surface area contributed by atoms with E-state index in [0.717, 1.165) is 12.0 Å². The Balaban J connectivity index is 2.06. The lowest BCUT2D eigenvalue weighted by molar-refractivity contribution is -0.136. The standard InChI is InChI=1S/C19H28N2O3/c1-5-20(14-15-10-7-6-8-11-15)17(22)16-12-9-13-21(16)18(23)24-19(2,3)4/h6-8,10-11,16H,5,9,12-14H2,1-4H3. The fraction of sp³-hybridized carbons (Fsp3) is 0.579. The first-order chi connectivity index (χ1) is 11.3. The van der Waals surface area contributed by atoms with Gasteiger partial charge in [-0.3, -0.25) is 9.69 Å². The maximum absolute atomic E-state index is 12.9. The van der Waals surface area contributed by atoms with Gasteiger partial charge in [0.15, 0.2) is 0 Å². The van der Waals surface area contributed by atoms with Gasteiger partial charge in [-0.15, -0.1) is 0 Å². The lowest BCUT2D eigenvalue weighted by Gasteiger charge is -2.31. The van der Waals surface area contributed by atoms with Crippen molar-refractivity contribution in [1.82, 2.24) is 9.80 Å². The van der Waals surface area contributed by atoms with Crippen LogP contribution in [0.15, 0.2) is 30.3 Å². The quantitative estimate of drug-likeness (QED) is 0.849. The Kier molecular flexibility index (Phi) is 5.86. The molecular formula is C19H28N2O3. The minimum absolute atomic E-state index is 0.00436. The van der Waals surface area contributed by atoms with Crippen molar-refractivity contribution in [3.8, 4) is 0 Å². The van der Waals surface area contributed by atoms with Crippen molar-refractivity contribution in [2.75, 3.05) is 13.1 Å². The number of ether oxygens (including phenoxy) is 1. The minimum Gasteiger partial charge on any atom is -0.444 e. The van der Waals surface area contributed by atoms with E-state index < -0.39 is 17.7 Å². The van der Waals surface area contributed by atoms with Crippen LogP contribution in [0.4, 0.5) is 4.79 Å². The molecule has 132 valence electrons. The Hall–Kier alpha value is -2.04. The fourth-order valence-corrected chi connectivity index (χ4v) is 2.92. The van der Waals surface area contributed by atoms with Gasteiger partial charge in [-0.05, 0) is 46.1 Å². The first-order valence-corrected chi connectivity index (χ1v) is 8.64. The molecule has 24 heavy (non-hydrogen) atoms. The molecule has 0 bridgehead atoms. The Morgan fingerprint density at radius 2 is 1.92 bits per heavy atom. The number of amides is 2. The highest BCUT2D eigenvalue weighted by atomic mass is 16.6. The van der Waals surface area contributed by atoms with Crippen LogP contribution in [-0.4, -0.2) is 46.5 Å². The monoisotopic (exact) mass is 332 g/mol. The molecule has 0 saturated carbocycles. The molecule has 1 atom stereocenters. The van der Waals surface area contributed by atoms with Crippen molar-refractivity contribution in [2.24, 2.45) is 0 Å². The number of carbonyl (C=O) groups is 2. The van der Waals surface area contributed by atoms with E-state index in [0.29, 0.717) is 26.1 Å². The van der Waals surface area contributed by atoms with Crippen molar-refractivity contribution in [3.63, 3.8) is 0 Å². The predicted octanol–water partition coefficient (Wildman–Crippen LogP) is 3.43. The number of hydrogen-bond donors (Lipinski definition) is 0. The van der Waals surface area contributed by atoms with E-state index in [9.17, 15) is 9.59 Å². The Labute approximate surface area is 144 Å². The average Bonchev–Trinajstić information content (AvgIpc) is 3.01. The summed E-state index contributed by atoms with van der Waals surface area (Å²) < 4.78 is 5.45. The van der Waals surface area contributed by atoms with Crippen LogP contribution in [0.2, 0.25) is 0 Å². The van der Waals surface area contributed by atoms with Crippen LogP contribution in [0.25, 0.3) is 0 Å². The van der Waals surface area contributed by atoms with Crippen LogP contribution in [0, 0.1) is 0 Å². The molecule has 1 aromatic carbocycles. The number of likely N-dealkylation sites (N-methyl/N-ethyl adjacent to an activating group) is 1. The molecular weight excluding hydrogens is 304 g/mol. The lowest BCUT2D eigenvalue weighted by atomic mass is 10.1. The number of rotatable bonds is 4. The second kappa shape index (κ2) is 7.69. The number of benzene rings is 1. The van der Waals surface area contributed by atoms with Gasteiger partial charge in [0.25, 0.3) is 0 Å².